The van der Waals surface area contributed by atoms with Crippen LogP contribution in [0.4, 0.5) is 0 Å². The number of methoxy groups -OCH3 is 1. The van der Waals surface area contributed by atoms with Gasteiger partial charge < -0.3 is 24.1 Å². The zero-order valence-corrected chi connectivity index (χ0v) is 21.3. The van der Waals surface area contributed by atoms with Crippen LogP contribution in [0.5, 0.6) is 11.5 Å². The number of nitrogens with zero attached hydrogens (tertiary/aromatic N) is 1. The molecule has 0 saturated carbocycles. The third-order valence-electron chi connectivity index (χ3n) is 7.53. The monoisotopic (exact) mass is 481 g/mol. The Hall–Kier alpha value is -2.69. The highest BCUT2D eigenvalue weighted by molar-refractivity contribution is 5.80. The second-order valence-corrected chi connectivity index (χ2v) is 11.3. The molecule has 1 aliphatic carbocycles. The lowest BCUT2D eigenvalue weighted by Crippen LogP contribution is -2.48. The summed E-state index contributed by atoms with van der Waals surface area (Å²) in [5.74, 6) is 7.26. The average molecular weight is 482 g/mol. The van der Waals surface area contributed by atoms with Gasteiger partial charge in [-0.2, -0.15) is 0 Å². The Morgan fingerprint density at radius 1 is 1.23 bits per heavy atom. The van der Waals surface area contributed by atoms with Gasteiger partial charge in [-0.25, -0.2) is 4.79 Å². The maximum Gasteiger partial charge on any atom is 0.339 e. The summed E-state index contributed by atoms with van der Waals surface area (Å²) in [6.45, 7) is 9.52. The molecule has 4 aliphatic rings. The maximum absolute atomic E-state index is 13.3. The molecule has 0 bridgehead atoms. The molecule has 1 N–H and O–H groups in total. The highest BCUT2D eigenvalue weighted by Crippen LogP contribution is 2.55. The van der Waals surface area contributed by atoms with Gasteiger partial charge in [0.1, 0.15) is 5.76 Å². The molecular formula is C28H35NO6. The van der Waals surface area contributed by atoms with Crippen LogP contribution in [-0.2, 0) is 20.7 Å². The molecule has 3 heterocycles. The number of fused-ring (bicyclic) bond motifs is 3. The lowest BCUT2D eigenvalue weighted by molar-refractivity contribution is -0.170. The molecule has 0 radical (unpaired) electrons. The summed E-state index contributed by atoms with van der Waals surface area (Å²) in [4.78, 5) is 15.8. The number of hydrogen-bond donors (Lipinski definition) is 1. The number of aliphatic hydroxyl groups is 1. The molecular weight excluding hydrogens is 446 g/mol. The first-order chi connectivity index (χ1) is 16.5. The van der Waals surface area contributed by atoms with Gasteiger partial charge in [0.2, 0.25) is 6.79 Å². The minimum atomic E-state index is -1.73. The molecule has 1 aromatic rings. The van der Waals surface area contributed by atoms with E-state index in [4.69, 9.17) is 18.9 Å². The van der Waals surface area contributed by atoms with E-state index in [0.29, 0.717) is 11.5 Å². The first-order valence-corrected chi connectivity index (χ1v) is 12.4. The highest BCUT2D eigenvalue weighted by Gasteiger charge is 2.58. The van der Waals surface area contributed by atoms with Crippen molar-refractivity contribution in [3.8, 4) is 23.3 Å². The van der Waals surface area contributed by atoms with Crippen LogP contribution in [-0.4, -0.2) is 60.2 Å². The molecule has 7 heteroatoms. The highest BCUT2D eigenvalue weighted by atomic mass is 16.7. The molecule has 0 aromatic heterocycles. The SMILES string of the molecule is COC1=C[C@]23CCCN2CCc2cc4c(cc2[C@@H]3[C@@H]1OC(=O)[C@@](C)(O)CC#CC(C)(C)C)OCO4. The van der Waals surface area contributed by atoms with E-state index in [1.54, 1.807) is 7.11 Å². The van der Waals surface area contributed by atoms with E-state index in [1.807, 2.05) is 26.8 Å². The van der Waals surface area contributed by atoms with Gasteiger partial charge in [-0.1, -0.05) is 11.8 Å². The molecule has 1 aromatic carbocycles. The van der Waals surface area contributed by atoms with Crippen molar-refractivity contribution in [2.24, 2.45) is 5.41 Å². The van der Waals surface area contributed by atoms with Gasteiger partial charge in [-0.15, -0.1) is 0 Å². The van der Waals surface area contributed by atoms with Crippen LogP contribution < -0.4 is 9.47 Å². The fourth-order valence-corrected chi connectivity index (χ4v) is 5.89. The molecule has 5 rings (SSSR count). The minimum Gasteiger partial charge on any atom is -0.497 e. The maximum atomic E-state index is 13.3. The van der Waals surface area contributed by atoms with Crippen molar-refractivity contribution < 1.29 is 28.8 Å². The third-order valence-corrected chi connectivity index (χ3v) is 7.53. The topological polar surface area (TPSA) is 77.5 Å². The first-order valence-electron chi connectivity index (χ1n) is 12.4. The van der Waals surface area contributed by atoms with E-state index in [1.165, 1.54) is 12.5 Å². The minimum absolute atomic E-state index is 0.000931. The van der Waals surface area contributed by atoms with E-state index in [9.17, 15) is 9.90 Å². The molecule has 1 spiro atoms. The Kier molecular flexibility index (Phi) is 5.81. The normalized spacial score (nSPS) is 28.5. The van der Waals surface area contributed by atoms with Crippen molar-refractivity contribution in [2.75, 3.05) is 27.0 Å². The van der Waals surface area contributed by atoms with Crippen molar-refractivity contribution >= 4 is 5.97 Å². The standard InChI is InChI=1S/C28H35NO6/c1-26(2,3)9-6-10-27(4,31)25(30)35-24-22(32-5)16-28-11-7-12-29(28)13-8-18-14-20-21(34-17-33-20)15-19(18)23(24)28/h14-16,23-24,31H,7-8,10-13,17H2,1-5H3/t23-,24-,27+,28+/m1/s1. The summed E-state index contributed by atoms with van der Waals surface area (Å²) < 4.78 is 23.3. The van der Waals surface area contributed by atoms with E-state index in [-0.39, 0.29) is 30.1 Å². The van der Waals surface area contributed by atoms with Gasteiger partial charge in [-0.05, 0) is 82.8 Å². The molecule has 1 saturated heterocycles. The average Bonchev–Trinajstić information content (AvgIpc) is 3.46. The van der Waals surface area contributed by atoms with E-state index >= 15 is 0 Å². The van der Waals surface area contributed by atoms with Crippen LogP contribution in [0, 0.1) is 17.3 Å². The van der Waals surface area contributed by atoms with Gasteiger partial charge in [0, 0.05) is 18.4 Å². The largest absolute Gasteiger partial charge is 0.497 e. The van der Waals surface area contributed by atoms with Gasteiger partial charge in [0.05, 0.1) is 18.6 Å². The zero-order chi connectivity index (χ0) is 25.0. The zero-order valence-electron chi connectivity index (χ0n) is 21.3. The summed E-state index contributed by atoms with van der Waals surface area (Å²) in [6.07, 6.45) is 4.37. The lowest BCUT2D eigenvalue weighted by atomic mass is 9.77. The number of hydrogen-bond acceptors (Lipinski definition) is 7. The summed E-state index contributed by atoms with van der Waals surface area (Å²) in [5.41, 5.74) is -0.00147. The molecule has 4 atom stereocenters. The Balaban J connectivity index is 1.51. The number of benzene rings is 1. The smallest absolute Gasteiger partial charge is 0.339 e. The fourth-order valence-electron chi connectivity index (χ4n) is 5.89. The van der Waals surface area contributed by atoms with Gasteiger partial charge >= 0.3 is 5.97 Å². The number of carbonyl (C=O) groups excluding carboxylic acids is 1. The van der Waals surface area contributed by atoms with Crippen LogP contribution >= 0.6 is 0 Å². The molecule has 0 unspecified atom stereocenters. The van der Waals surface area contributed by atoms with E-state index in [2.05, 4.69) is 28.9 Å². The molecule has 1 fully saturated rings. The Bertz CT molecular complexity index is 1120. The van der Waals surface area contributed by atoms with Crippen LogP contribution in [0.15, 0.2) is 24.0 Å². The second-order valence-electron chi connectivity index (χ2n) is 11.3. The molecule has 188 valence electrons. The Labute approximate surface area is 207 Å². The third kappa shape index (κ3) is 4.17. The van der Waals surface area contributed by atoms with Crippen LogP contribution in [0.1, 0.15) is 64.0 Å². The van der Waals surface area contributed by atoms with Crippen LogP contribution in [0.2, 0.25) is 0 Å². The predicted molar refractivity (Wildman–Crippen MR) is 130 cm³/mol. The Morgan fingerprint density at radius 2 is 1.97 bits per heavy atom. The summed E-state index contributed by atoms with van der Waals surface area (Å²) in [5, 5.41) is 11.0. The van der Waals surface area contributed by atoms with E-state index in [0.717, 1.165) is 43.7 Å². The van der Waals surface area contributed by atoms with Gasteiger partial charge in [-0.3, -0.25) is 4.90 Å². The fraction of sp³-hybridized carbons (Fsp3) is 0.607. The molecule has 0 amide bonds. The molecule has 3 aliphatic heterocycles. The van der Waals surface area contributed by atoms with Crippen molar-refractivity contribution in [3.05, 3.63) is 35.1 Å². The quantitative estimate of drug-likeness (QED) is 0.521. The molecule has 35 heavy (non-hydrogen) atoms. The van der Waals surface area contributed by atoms with Gasteiger partial charge in [0.25, 0.3) is 0 Å². The van der Waals surface area contributed by atoms with Crippen molar-refractivity contribution in [2.45, 2.75) is 76.5 Å². The number of rotatable bonds is 4. The van der Waals surface area contributed by atoms with Crippen molar-refractivity contribution in [1.29, 1.82) is 0 Å². The summed E-state index contributed by atoms with van der Waals surface area (Å²) in [7, 11) is 1.61. The molecule has 7 nitrogen and oxygen atoms in total. The summed E-state index contributed by atoms with van der Waals surface area (Å²) >= 11 is 0. The van der Waals surface area contributed by atoms with Crippen LogP contribution in [0.3, 0.4) is 0 Å². The Morgan fingerprint density at radius 3 is 2.69 bits per heavy atom. The summed E-state index contributed by atoms with van der Waals surface area (Å²) in [6, 6.07) is 4.11. The predicted octanol–water partition coefficient (Wildman–Crippen LogP) is 3.54. The van der Waals surface area contributed by atoms with Crippen LogP contribution in [0.25, 0.3) is 0 Å². The number of carbonyl (C=O) groups is 1. The van der Waals surface area contributed by atoms with E-state index < -0.39 is 17.7 Å². The van der Waals surface area contributed by atoms with Crippen molar-refractivity contribution in [3.63, 3.8) is 0 Å². The number of esters is 1. The first kappa shape index (κ1) is 24.0. The van der Waals surface area contributed by atoms with Crippen molar-refractivity contribution in [1.82, 2.24) is 4.90 Å². The lowest BCUT2D eigenvalue weighted by Gasteiger charge is -2.39. The number of ether oxygens (including phenoxy) is 4. The second kappa shape index (κ2) is 8.46. The van der Waals surface area contributed by atoms with Gasteiger partial charge in [0.15, 0.2) is 23.2 Å².